The molecule has 14 heavy (non-hydrogen) atoms. The van der Waals surface area contributed by atoms with Gasteiger partial charge in [-0.1, -0.05) is 19.9 Å². The number of carbonyl (C=O) groups excluding carboxylic acids is 1. The van der Waals surface area contributed by atoms with Gasteiger partial charge in [-0.3, -0.25) is 4.79 Å². The number of hydrogen-bond donors (Lipinski definition) is 1. The Hall–Kier alpha value is -1.31. The lowest BCUT2D eigenvalue weighted by Crippen LogP contribution is -2.14. The summed E-state index contributed by atoms with van der Waals surface area (Å²) in [7, 11) is 0. The first-order valence-electron chi connectivity index (χ1n) is 4.85. The Morgan fingerprint density at radius 1 is 1.21 bits per heavy atom. The van der Waals surface area contributed by atoms with Crippen LogP contribution in [-0.4, -0.2) is 5.91 Å². The molecule has 0 aliphatic carbocycles. The normalized spacial score (nSPS) is 10.6. The van der Waals surface area contributed by atoms with Crippen LogP contribution in [0.25, 0.3) is 0 Å². The number of hydrogen-bond acceptors (Lipinski definition) is 1. The summed E-state index contributed by atoms with van der Waals surface area (Å²) in [6.45, 7) is 8.27. The van der Waals surface area contributed by atoms with Gasteiger partial charge in [-0.2, -0.15) is 0 Å². The molecule has 2 nitrogen and oxygen atoms in total. The van der Waals surface area contributed by atoms with Gasteiger partial charge in [0, 0.05) is 5.56 Å². The topological polar surface area (TPSA) is 43.1 Å². The molecule has 0 aliphatic heterocycles. The molecule has 0 saturated carbocycles. The maximum absolute atomic E-state index is 11.1. The fraction of sp³-hybridized carbons (Fsp3) is 0.417. The van der Waals surface area contributed by atoms with Gasteiger partial charge in [0.15, 0.2) is 0 Å². The first kappa shape index (κ1) is 10.8. The maximum atomic E-state index is 11.1. The van der Waals surface area contributed by atoms with E-state index in [-0.39, 0.29) is 5.91 Å². The SMILES string of the molecule is Cc1c(C(N)=O)ccc(C(C)C)c1C. The number of rotatable bonds is 2. The van der Waals surface area contributed by atoms with Gasteiger partial charge in [0.1, 0.15) is 0 Å². The largest absolute Gasteiger partial charge is 0.366 e. The predicted molar refractivity (Wildman–Crippen MR) is 58.5 cm³/mol. The van der Waals surface area contributed by atoms with Crippen LogP contribution in [0.4, 0.5) is 0 Å². The minimum atomic E-state index is -0.346. The molecule has 0 aromatic heterocycles. The lowest BCUT2D eigenvalue weighted by Gasteiger charge is -2.14. The molecule has 1 rings (SSSR count). The summed E-state index contributed by atoms with van der Waals surface area (Å²) in [6.07, 6.45) is 0. The molecule has 0 fully saturated rings. The summed E-state index contributed by atoms with van der Waals surface area (Å²) >= 11 is 0. The molecule has 1 aromatic carbocycles. The number of nitrogens with two attached hydrogens (primary N) is 1. The molecule has 0 atom stereocenters. The van der Waals surface area contributed by atoms with Gasteiger partial charge in [0.2, 0.25) is 5.91 Å². The van der Waals surface area contributed by atoms with E-state index in [4.69, 9.17) is 5.73 Å². The Morgan fingerprint density at radius 3 is 2.21 bits per heavy atom. The molecule has 2 N–H and O–H groups in total. The zero-order valence-corrected chi connectivity index (χ0v) is 9.22. The van der Waals surface area contributed by atoms with E-state index in [9.17, 15) is 4.79 Å². The van der Waals surface area contributed by atoms with E-state index in [0.29, 0.717) is 11.5 Å². The lowest BCUT2D eigenvalue weighted by molar-refractivity contribution is 0.0999. The quantitative estimate of drug-likeness (QED) is 0.767. The van der Waals surface area contributed by atoms with Crippen LogP contribution in [0.2, 0.25) is 0 Å². The van der Waals surface area contributed by atoms with E-state index >= 15 is 0 Å². The minimum absolute atomic E-state index is 0.346. The van der Waals surface area contributed by atoms with Gasteiger partial charge >= 0.3 is 0 Å². The van der Waals surface area contributed by atoms with Crippen molar-refractivity contribution in [1.82, 2.24) is 0 Å². The van der Waals surface area contributed by atoms with E-state index in [1.807, 2.05) is 26.0 Å². The third-order valence-electron chi connectivity index (χ3n) is 2.72. The molecule has 0 spiro atoms. The third-order valence-corrected chi connectivity index (χ3v) is 2.72. The van der Waals surface area contributed by atoms with Gasteiger partial charge in [-0.25, -0.2) is 0 Å². The Bertz CT molecular complexity index is 367. The van der Waals surface area contributed by atoms with Crippen molar-refractivity contribution in [2.75, 3.05) is 0 Å². The fourth-order valence-corrected chi connectivity index (χ4v) is 1.73. The molecule has 0 radical (unpaired) electrons. The fourth-order valence-electron chi connectivity index (χ4n) is 1.73. The standard InChI is InChI=1S/C12H17NO/c1-7(2)10-5-6-11(12(13)14)9(4)8(10)3/h5-7H,1-4H3,(H2,13,14). The van der Waals surface area contributed by atoms with E-state index in [2.05, 4.69) is 13.8 Å². The number of amides is 1. The zero-order chi connectivity index (χ0) is 10.9. The Balaban J connectivity index is 3.33. The van der Waals surface area contributed by atoms with Crippen LogP contribution in [0.3, 0.4) is 0 Å². The van der Waals surface area contributed by atoms with Gasteiger partial charge in [-0.05, 0) is 42.5 Å². The number of benzene rings is 1. The number of carbonyl (C=O) groups is 1. The Labute approximate surface area is 85.1 Å². The van der Waals surface area contributed by atoms with E-state index in [1.165, 1.54) is 11.1 Å². The van der Waals surface area contributed by atoms with Crippen LogP contribution in [-0.2, 0) is 0 Å². The van der Waals surface area contributed by atoms with Crippen molar-refractivity contribution in [3.63, 3.8) is 0 Å². The van der Waals surface area contributed by atoms with Crippen molar-refractivity contribution in [2.24, 2.45) is 5.73 Å². The van der Waals surface area contributed by atoms with Crippen LogP contribution in [0.5, 0.6) is 0 Å². The smallest absolute Gasteiger partial charge is 0.248 e. The Kier molecular flexibility index (Phi) is 2.94. The zero-order valence-electron chi connectivity index (χ0n) is 9.22. The van der Waals surface area contributed by atoms with Gasteiger partial charge in [0.25, 0.3) is 0 Å². The number of primary amides is 1. The van der Waals surface area contributed by atoms with Crippen molar-refractivity contribution < 1.29 is 4.79 Å². The summed E-state index contributed by atoms with van der Waals surface area (Å²) in [4.78, 5) is 11.1. The maximum Gasteiger partial charge on any atom is 0.248 e. The summed E-state index contributed by atoms with van der Waals surface area (Å²) in [5.41, 5.74) is 9.37. The molecule has 0 bridgehead atoms. The van der Waals surface area contributed by atoms with Crippen molar-refractivity contribution >= 4 is 5.91 Å². The first-order valence-corrected chi connectivity index (χ1v) is 4.85. The van der Waals surface area contributed by atoms with Crippen molar-refractivity contribution in [1.29, 1.82) is 0 Å². The van der Waals surface area contributed by atoms with Gasteiger partial charge in [-0.15, -0.1) is 0 Å². The first-order chi connectivity index (χ1) is 6.45. The molecule has 0 heterocycles. The molecule has 1 aromatic rings. The highest BCUT2D eigenvalue weighted by molar-refractivity contribution is 5.94. The van der Waals surface area contributed by atoms with Crippen LogP contribution >= 0.6 is 0 Å². The van der Waals surface area contributed by atoms with Crippen LogP contribution in [0.15, 0.2) is 12.1 Å². The summed E-state index contributed by atoms with van der Waals surface area (Å²) in [5.74, 6) is 0.136. The molecule has 1 amide bonds. The highest BCUT2D eigenvalue weighted by Crippen LogP contribution is 2.23. The Morgan fingerprint density at radius 2 is 1.79 bits per heavy atom. The summed E-state index contributed by atoms with van der Waals surface area (Å²) < 4.78 is 0. The van der Waals surface area contributed by atoms with Crippen LogP contribution < -0.4 is 5.73 Å². The highest BCUT2D eigenvalue weighted by Gasteiger charge is 2.11. The van der Waals surface area contributed by atoms with E-state index in [1.54, 1.807) is 0 Å². The second-order valence-electron chi connectivity index (χ2n) is 3.97. The summed E-state index contributed by atoms with van der Waals surface area (Å²) in [6, 6.07) is 3.81. The monoisotopic (exact) mass is 191 g/mol. The van der Waals surface area contributed by atoms with Crippen molar-refractivity contribution in [3.05, 3.63) is 34.4 Å². The van der Waals surface area contributed by atoms with Gasteiger partial charge in [0.05, 0.1) is 0 Å². The molecular formula is C12H17NO. The predicted octanol–water partition coefficient (Wildman–Crippen LogP) is 2.53. The minimum Gasteiger partial charge on any atom is -0.366 e. The second-order valence-corrected chi connectivity index (χ2v) is 3.97. The lowest BCUT2D eigenvalue weighted by atomic mass is 9.92. The van der Waals surface area contributed by atoms with Crippen molar-refractivity contribution in [3.8, 4) is 0 Å². The van der Waals surface area contributed by atoms with Gasteiger partial charge < -0.3 is 5.73 Å². The van der Waals surface area contributed by atoms with E-state index in [0.717, 1.165) is 5.56 Å². The van der Waals surface area contributed by atoms with Crippen LogP contribution in [0, 0.1) is 13.8 Å². The summed E-state index contributed by atoms with van der Waals surface area (Å²) in [5, 5.41) is 0. The second kappa shape index (κ2) is 3.82. The van der Waals surface area contributed by atoms with Crippen molar-refractivity contribution in [2.45, 2.75) is 33.6 Å². The molecule has 0 saturated heterocycles. The molecule has 0 aliphatic rings. The molecule has 2 heteroatoms. The highest BCUT2D eigenvalue weighted by atomic mass is 16.1. The molecule has 76 valence electrons. The average molecular weight is 191 g/mol. The third kappa shape index (κ3) is 1.79. The average Bonchev–Trinajstić information content (AvgIpc) is 2.08. The van der Waals surface area contributed by atoms with Crippen LogP contribution in [0.1, 0.15) is 46.8 Å². The molecule has 0 unspecified atom stereocenters. The molecular weight excluding hydrogens is 174 g/mol. The van der Waals surface area contributed by atoms with E-state index < -0.39 is 0 Å².